The molecule has 1 saturated heterocycles. The van der Waals surface area contributed by atoms with Crippen LogP contribution in [0.2, 0.25) is 0 Å². The van der Waals surface area contributed by atoms with E-state index >= 15 is 0 Å². The molecule has 148 valence electrons. The summed E-state index contributed by atoms with van der Waals surface area (Å²) in [6.07, 6.45) is 1.22. The molecule has 0 aliphatic carbocycles. The Hall–Kier alpha value is -1.19. The molecule has 7 heteroatoms. The van der Waals surface area contributed by atoms with E-state index < -0.39 is 0 Å². The maximum absolute atomic E-state index is 5.96. The SMILES string of the molecule is CN=C(NCc1nc(C(C)C)cs1)NCC1CCOC1c1ccccc1.I. The number of halogens is 1. The van der Waals surface area contributed by atoms with Crippen LogP contribution in [0.5, 0.6) is 0 Å². The van der Waals surface area contributed by atoms with E-state index in [4.69, 9.17) is 4.74 Å². The minimum absolute atomic E-state index is 0. The average molecular weight is 500 g/mol. The number of ether oxygens (including phenoxy) is 1. The van der Waals surface area contributed by atoms with Gasteiger partial charge in [-0.25, -0.2) is 4.98 Å². The third kappa shape index (κ3) is 6.15. The first-order valence-corrected chi connectivity index (χ1v) is 10.1. The summed E-state index contributed by atoms with van der Waals surface area (Å²) in [4.78, 5) is 8.99. The van der Waals surface area contributed by atoms with Gasteiger partial charge in [-0.05, 0) is 17.9 Å². The Labute approximate surface area is 183 Å². The minimum Gasteiger partial charge on any atom is -0.373 e. The molecule has 0 amide bonds. The number of guanidine groups is 1. The van der Waals surface area contributed by atoms with E-state index in [1.54, 1.807) is 18.4 Å². The van der Waals surface area contributed by atoms with E-state index in [0.717, 1.165) is 36.2 Å². The molecule has 2 aromatic rings. The van der Waals surface area contributed by atoms with E-state index in [1.807, 2.05) is 6.07 Å². The largest absolute Gasteiger partial charge is 0.373 e. The van der Waals surface area contributed by atoms with E-state index in [1.165, 1.54) is 5.56 Å². The fraction of sp³-hybridized carbons (Fsp3) is 0.500. The molecule has 27 heavy (non-hydrogen) atoms. The molecule has 1 fully saturated rings. The van der Waals surface area contributed by atoms with E-state index in [2.05, 4.69) is 64.1 Å². The van der Waals surface area contributed by atoms with Gasteiger partial charge in [0.05, 0.1) is 18.3 Å². The lowest BCUT2D eigenvalue weighted by Gasteiger charge is -2.20. The van der Waals surface area contributed by atoms with Crippen LogP contribution in [0.15, 0.2) is 40.7 Å². The summed E-state index contributed by atoms with van der Waals surface area (Å²) in [6, 6.07) is 10.5. The number of nitrogens with one attached hydrogen (secondary N) is 2. The topological polar surface area (TPSA) is 58.5 Å². The van der Waals surface area contributed by atoms with Crippen LogP contribution in [0.1, 0.15) is 48.6 Å². The summed E-state index contributed by atoms with van der Waals surface area (Å²) >= 11 is 1.70. The van der Waals surface area contributed by atoms with E-state index in [0.29, 0.717) is 18.4 Å². The van der Waals surface area contributed by atoms with Gasteiger partial charge in [0.15, 0.2) is 5.96 Å². The first-order chi connectivity index (χ1) is 12.7. The molecule has 0 spiro atoms. The van der Waals surface area contributed by atoms with Crippen molar-refractivity contribution in [3.8, 4) is 0 Å². The lowest BCUT2D eigenvalue weighted by molar-refractivity contribution is 0.0915. The number of rotatable bonds is 6. The lowest BCUT2D eigenvalue weighted by atomic mass is 9.95. The fourth-order valence-electron chi connectivity index (χ4n) is 3.13. The van der Waals surface area contributed by atoms with Gasteiger partial charge in [0.25, 0.3) is 0 Å². The van der Waals surface area contributed by atoms with Crippen molar-refractivity contribution in [3.63, 3.8) is 0 Å². The standard InChI is InChI=1S/C20H28N4OS.HI/c1-14(2)17-13-26-18(24-17)12-23-20(21-3)22-11-16-9-10-25-19(16)15-7-5-4-6-8-15;/h4-8,13-14,16,19H,9-12H2,1-3H3,(H2,21,22,23);1H. The molecule has 1 aliphatic heterocycles. The van der Waals surface area contributed by atoms with Gasteiger partial charge in [0.2, 0.25) is 0 Å². The predicted octanol–water partition coefficient (Wildman–Crippen LogP) is 4.33. The summed E-state index contributed by atoms with van der Waals surface area (Å²) in [7, 11) is 1.80. The molecule has 3 rings (SSSR count). The number of hydrogen-bond acceptors (Lipinski definition) is 4. The third-order valence-electron chi connectivity index (χ3n) is 4.67. The Bertz CT molecular complexity index is 720. The molecule has 1 aromatic heterocycles. The van der Waals surface area contributed by atoms with Crippen LogP contribution in [0.3, 0.4) is 0 Å². The fourth-order valence-corrected chi connectivity index (χ4v) is 4.03. The smallest absolute Gasteiger partial charge is 0.191 e. The van der Waals surface area contributed by atoms with Crippen molar-refractivity contribution in [1.29, 1.82) is 0 Å². The summed E-state index contributed by atoms with van der Waals surface area (Å²) in [5.74, 6) is 1.73. The summed E-state index contributed by atoms with van der Waals surface area (Å²) in [5, 5.41) is 10.0. The number of benzene rings is 1. The first-order valence-electron chi connectivity index (χ1n) is 9.22. The number of nitrogens with zero attached hydrogens (tertiary/aromatic N) is 2. The molecule has 1 aromatic carbocycles. The van der Waals surface area contributed by atoms with Crippen LogP contribution in [0, 0.1) is 5.92 Å². The van der Waals surface area contributed by atoms with Crippen LogP contribution >= 0.6 is 35.3 Å². The number of aromatic nitrogens is 1. The number of aliphatic imine (C=N–C) groups is 1. The van der Waals surface area contributed by atoms with Crippen molar-refractivity contribution in [1.82, 2.24) is 15.6 Å². The molecule has 1 aliphatic rings. The van der Waals surface area contributed by atoms with Crippen molar-refractivity contribution in [2.24, 2.45) is 10.9 Å². The maximum Gasteiger partial charge on any atom is 0.191 e. The number of hydrogen-bond donors (Lipinski definition) is 2. The zero-order valence-corrected chi connectivity index (χ0v) is 19.3. The molecular formula is C20H29IN4OS. The Morgan fingerprint density at radius 1 is 1.30 bits per heavy atom. The molecule has 2 atom stereocenters. The van der Waals surface area contributed by atoms with Crippen LogP contribution in [-0.2, 0) is 11.3 Å². The molecule has 0 radical (unpaired) electrons. The van der Waals surface area contributed by atoms with Crippen molar-refractivity contribution >= 4 is 41.3 Å². The normalized spacial score (nSPS) is 19.8. The molecule has 0 bridgehead atoms. The van der Waals surface area contributed by atoms with Gasteiger partial charge < -0.3 is 15.4 Å². The highest BCUT2D eigenvalue weighted by Crippen LogP contribution is 2.33. The van der Waals surface area contributed by atoms with Crippen LogP contribution < -0.4 is 10.6 Å². The highest BCUT2D eigenvalue weighted by atomic mass is 127. The van der Waals surface area contributed by atoms with Crippen LogP contribution in [0.4, 0.5) is 0 Å². The van der Waals surface area contributed by atoms with Crippen LogP contribution in [-0.4, -0.2) is 31.1 Å². The monoisotopic (exact) mass is 500 g/mol. The summed E-state index contributed by atoms with van der Waals surface area (Å²) in [5.41, 5.74) is 2.41. The van der Waals surface area contributed by atoms with Crippen molar-refractivity contribution in [2.75, 3.05) is 20.2 Å². The Morgan fingerprint density at radius 3 is 2.74 bits per heavy atom. The zero-order chi connectivity index (χ0) is 18.4. The highest BCUT2D eigenvalue weighted by molar-refractivity contribution is 14.0. The second kappa shape index (κ2) is 11.0. The molecule has 5 nitrogen and oxygen atoms in total. The number of thiazole rings is 1. The quantitative estimate of drug-likeness (QED) is 0.352. The van der Waals surface area contributed by atoms with Crippen molar-refractivity contribution in [2.45, 2.75) is 38.8 Å². The van der Waals surface area contributed by atoms with Gasteiger partial charge >= 0.3 is 0 Å². The molecule has 2 unspecified atom stereocenters. The molecule has 2 heterocycles. The maximum atomic E-state index is 5.96. The second-order valence-corrected chi connectivity index (χ2v) is 7.82. The van der Waals surface area contributed by atoms with Gasteiger partial charge in [-0.15, -0.1) is 35.3 Å². The molecular weight excluding hydrogens is 471 g/mol. The van der Waals surface area contributed by atoms with Crippen LogP contribution in [0.25, 0.3) is 0 Å². The zero-order valence-electron chi connectivity index (χ0n) is 16.1. The first kappa shape index (κ1) is 22.1. The lowest BCUT2D eigenvalue weighted by Crippen LogP contribution is -2.39. The average Bonchev–Trinajstić information content (AvgIpc) is 3.32. The van der Waals surface area contributed by atoms with Crippen molar-refractivity contribution in [3.05, 3.63) is 52.0 Å². The Morgan fingerprint density at radius 2 is 2.07 bits per heavy atom. The van der Waals surface area contributed by atoms with E-state index in [-0.39, 0.29) is 30.1 Å². The van der Waals surface area contributed by atoms with Gasteiger partial charge in [0, 0.05) is 31.5 Å². The molecule has 2 N–H and O–H groups in total. The van der Waals surface area contributed by atoms with E-state index in [9.17, 15) is 0 Å². The predicted molar refractivity (Wildman–Crippen MR) is 123 cm³/mol. The Balaban J connectivity index is 0.00000261. The summed E-state index contributed by atoms with van der Waals surface area (Å²) < 4.78 is 5.96. The molecule has 0 saturated carbocycles. The third-order valence-corrected chi connectivity index (χ3v) is 5.53. The second-order valence-electron chi connectivity index (χ2n) is 6.88. The van der Waals surface area contributed by atoms with Crippen molar-refractivity contribution < 1.29 is 4.74 Å². The highest BCUT2D eigenvalue weighted by Gasteiger charge is 2.29. The van der Waals surface area contributed by atoms with Gasteiger partial charge in [-0.3, -0.25) is 4.99 Å². The summed E-state index contributed by atoms with van der Waals surface area (Å²) in [6.45, 7) is 6.68. The minimum atomic E-state index is 0. The van der Waals surface area contributed by atoms with Gasteiger partial charge in [0.1, 0.15) is 5.01 Å². The van der Waals surface area contributed by atoms with Gasteiger partial charge in [-0.2, -0.15) is 0 Å². The van der Waals surface area contributed by atoms with Gasteiger partial charge in [-0.1, -0.05) is 44.2 Å². The Kier molecular flexibility index (Phi) is 8.98.